The van der Waals surface area contributed by atoms with Gasteiger partial charge in [0.2, 0.25) is 5.95 Å². The van der Waals surface area contributed by atoms with E-state index in [-0.39, 0.29) is 5.60 Å². The van der Waals surface area contributed by atoms with Gasteiger partial charge in [-0.25, -0.2) is 19.2 Å². The van der Waals surface area contributed by atoms with E-state index >= 15 is 0 Å². The molecule has 0 unspecified atom stereocenters. The van der Waals surface area contributed by atoms with Crippen LogP contribution in [-0.4, -0.2) is 66.2 Å². The lowest BCUT2D eigenvalue weighted by Gasteiger charge is -2.43. The molecule has 1 aliphatic heterocycles. The van der Waals surface area contributed by atoms with E-state index in [9.17, 15) is 17.6 Å². The second-order valence-electron chi connectivity index (χ2n) is 6.38. The Morgan fingerprint density at radius 3 is 2.63 bits per heavy atom. The molecule has 1 aromatic heterocycles. The largest absolute Gasteiger partial charge is 0.490 e. The van der Waals surface area contributed by atoms with E-state index in [0.29, 0.717) is 18.5 Å². The Morgan fingerprint density at radius 2 is 2.07 bits per heavy atom. The fourth-order valence-corrected chi connectivity index (χ4v) is 3.40. The average Bonchev–Trinajstić information content (AvgIpc) is 2.97. The third-order valence-electron chi connectivity index (χ3n) is 4.61. The third-order valence-corrected chi connectivity index (χ3v) is 4.61. The van der Waals surface area contributed by atoms with E-state index in [2.05, 4.69) is 14.9 Å². The molecule has 152 valence electrons. The van der Waals surface area contributed by atoms with Gasteiger partial charge in [0.25, 0.3) is 0 Å². The first-order chi connectivity index (χ1) is 12.7. The quantitative estimate of drug-likeness (QED) is 0.786. The van der Waals surface area contributed by atoms with Gasteiger partial charge >= 0.3 is 12.1 Å². The van der Waals surface area contributed by atoms with E-state index in [1.54, 1.807) is 7.11 Å². The zero-order valence-corrected chi connectivity index (χ0v) is 14.7. The van der Waals surface area contributed by atoms with Crippen LogP contribution in [0.25, 0.3) is 0 Å². The Balaban J connectivity index is 0.000000321. The van der Waals surface area contributed by atoms with Crippen molar-refractivity contribution in [2.75, 3.05) is 38.3 Å². The Kier molecular flexibility index (Phi) is 6.93. The highest BCUT2D eigenvalue weighted by atomic mass is 19.4. The van der Waals surface area contributed by atoms with E-state index in [0.717, 1.165) is 39.0 Å². The second kappa shape index (κ2) is 8.79. The summed E-state index contributed by atoms with van der Waals surface area (Å²) in [5.41, 5.74) is -0.161. The fraction of sp³-hybridized carbons (Fsp3) is 0.688. The summed E-state index contributed by atoms with van der Waals surface area (Å²) in [4.78, 5) is 19.2. The van der Waals surface area contributed by atoms with Crippen LogP contribution < -0.4 is 4.90 Å². The van der Waals surface area contributed by atoms with Crippen LogP contribution in [0, 0.1) is 11.7 Å². The molecule has 0 aromatic carbocycles. The first-order valence-electron chi connectivity index (χ1n) is 8.33. The van der Waals surface area contributed by atoms with E-state index in [4.69, 9.17) is 19.4 Å². The number of rotatable bonds is 3. The van der Waals surface area contributed by atoms with Crippen molar-refractivity contribution in [3.8, 4) is 0 Å². The number of halogens is 4. The Morgan fingerprint density at radius 1 is 1.44 bits per heavy atom. The van der Waals surface area contributed by atoms with Crippen molar-refractivity contribution < 1.29 is 36.9 Å². The average molecular weight is 395 g/mol. The van der Waals surface area contributed by atoms with Gasteiger partial charge in [-0.15, -0.1) is 0 Å². The number of methoxy groups -OCH3 is 1. The molecule has 3 rings (SSSR count). The standard InChI is InChI=1S/C14H20FN3O2.C2HF3O2/c1-19-9-11-3-2-4-14(11)10-18(5-6-20-14)13-16-7-12(15)8-17-13;3-2(4,5)1(6)7/h7-8,11H,2-6,9-10H2,1H3;(H,6,7)/t11-,14+;/m1./s1. The Hall–Kier alpha value is -2.01. The van der Waals surface area contributed by atoms with Crippen LogP contribution >= 0.6 is 0 Å². The van der Waals surface area contributed by atoms with Crippen molar-refractivity contribution in [2.24, 2.45) is 5.92 Å². The van der Waals surface area contributed by atoms with Gasteiger partial charge in [0.15, 0.2) is 5.82 Å². The monoisotopic (exact) mass is 395 g/mol. The molecule has 1 spiro atoms. The Bertz CT molecular complexity index is 629. The number of aromatic nitrogens is 2. The molecule has 7 nitrogen and oxygen atoms in total. The minimum Gasteiger partial charge on any atom is -0.475 e. The summed E-state index contributed by atoms with van der Waals surface area (Å²) in [5, 5.41) is 7.12. The number of anilines is 1. The molecule has 1 saturated heterocycles. The number of nitrogens with zero attached hydrogens (tertiary/aromatic N) is 3. The highest BCUT2D eigenvalue weighted by molar-refractivity contribution is 5.73. The van der Waals surface area contributed by atoms with Gasteiger partial charge in [0.05, 0.1) is 37.8 Å². The summed E-state index contributed by atoms with van der Waals surface area (Å²) >= 11 is 0. The maximum absolute atomic E-state index is 12.9. The minimum atomic E-state index is -5.08. The normalized spacial score (nSPS) is 25.2. The van der Waals surface area contributed by atoms with Crippen LogP contribution in [0.5, 0.6) is 0 Å². The molecule has 2 fully saturated rings. The van der Waals surface area contributed by atoms with Gasteiger partial charge in [-0.2, -0.15) is 13.2 Å². The number of ether oxygens (including phenoxy) is 2. The van der Waals surface area contributed by atoms with Gasteiger partial charge in [-0.1, -0.05) is 6.42 Å². The first kappa shape index (κ1) is 21.3. The molecule has 2 atom stereocenters. The van der Waals surface area contributed by atoms with Gasteiger partial charge in [0, 0.05) is 19.6 Å². The highest BCUT2D eigenvalue weighted by Gasteiger charge is 2.47. The summed E-state index contributed by atoms with van der Waals surface area (Å²) in [6, 6.07) is 0. The number of hydrogen-bond donors (Lipinski definition) is 1. The lowest BCUT2D eigenvalue weighted by atomic mass is 9.89. The zero-order valence-electron chi connectivity index (χ0n) is 14.7. The van der Waals surface area contributed by atoms with Crippen LogP contribution in [0.15, 0.2) is 12.4 Å². The predicted molar refractivity (Wildman–Crippen MR) is 85.8 cm³/mol. The molecule has 1 N–H and O–H groups in total. The molecule has 0 bridgehead atoms. The van der Waals surface area contributed by atoms with Crippen molar-refractivity contribution in [2.45, 2.75) is 31.0 Å². The smallest absolute Gasteiger partial charge is 0.475 e. The SMILES string of the molecule is COC[C@H]1CCC[C@]12CN(c1ncc(F)cn1)CCO2.O=C(O)C(F)(F)F. The molecule has 1 saturated carbocycles. The molecule has 1 aromatic rings. The number of alkyl halides is 3. The molecule has 2 aliphatic rings. The summed E-state index contributed by atoms with van der Waals surface area (Å²) < 4.78 is 56.1. The van der Waals surface area contributed by atoms with Crippen molar-refractivity contribution >= 4 is 11.9 Å². The maximum Gasteiger partial charge on any atom is 0.490 e. The number of carboxylic acid groups (broad SMARTS) is 1. The van der Waals surface area contributed by atoms with Gasteiger partial charge in [-0.05, 0) is 12.8 Å². The molecule has 11 heteroatoms. The topological polar surface area (TPSA) is 84.8 Å². The summed E-state index contributed by atoms with van der Waals surface area (Å²) in [7, 11) is 1.73. The molecule has 0 amide bonds. The maximum atomic E-state index is 12.9. The molecular formula is C16H21F4N3O4. The predicted octanol–water partition coefficient (Wildman–Crippen LogP) is 2.27. The minimum absolute atomic E-state index is 0.161. The number of carboxylic acids is 1. The summed E-state index contributed by atoms with van der Waals surface area (Å²) in [5.74, 6) is -2.17. The van der Waals surface area contributed by atoms with E-state index in [1.807, 2.05) is 0 Å². The van der Waals surface area contributed by atoms with Gasteiger partial charge in [0.1, 0.15) is 0 Å². The lowest BCUT2D eigenvalue weighted by Crippen LogP contribution is -2.55. The first-order valence-corrected chi connectivity index (χ1v) is 8.33. The Labute approximate surface area is 153 Å². The summed E-state index contributed by atoms with van der Waals surface area (Å²) in [6.07, 6.45) is 0.675. The van der Waals surface area contributed by atoms with E-state index in [1.165, 1.54) is 12.4 Å². The third kappa shape index (κ3) is 5.48. The van der Waals surface area contributed by atoms with Crippen molar-refractivity contribution in [1.82, 2.24) is 9.97 Å². The van der Waals surface area contributed by atoms with Crippen LogP contribution in [-0.2, 0) is 14.3 Å². The van der Waals surface area contributed by atoms with Gasteiger partial charge in [-0.3, -0.25) is 0 Å². The van der Waals surface area contributed by atoms with Crippen LogP contribution in [0.4, 0.5) is 23.5 Å². The van der Waals surface area contributed by atoms with Crippen molar-refractivity contribution in [3.05, 3.63) is 18.2 Å². The zero-order chi connectivity index (χ0) is 20.1. The van der Waals surface area contributed by atoms with E-state index < -0.39 is 18.0 Å². The second-order valence-corrected chi connectivity index (χ2v) is 6.38. The number of morpholine rings is 1. The van der Waals surface area contributed by atoms with Crippen LogP contribution in [0.2, 0.25) is 0 Å². The lowest BCUT2D eigenvalue weighted by molar-refractivity contribution is -0.192. The molecule has 27 heavy (non-hydrogen) atoms. The molecule has 0 radical (unpaired) electrons. The molecule has 2 heterocycles. The number of hydrogen-bond acceptors (Lipinski definition) is 6. The highest BCUT2D eigenvalue weighted by Crippen LogP contribution is 2.41. The van der Waals surface area contributed by atoms with Crippen LogP contribution in [0.1, 0.15) is 19.3 Å². The van der Waals surface area contributed by atoms with Gasteiger partial charge < -0.3 is 19.5 Å². The van der Waals surface area contributed by atoms with Crippen LogP contribution in [0.3, 0.4) is 0 Å². The fourth-order valence-electron chi connectivity index (χ4n) is 3.40. The molecule has 1 aliphatic carbocycles. The van der Waals surface area contributed by atoms with Crippen molar-refractivity contribution in [3.63, 3.8) is 0 Å². The van der Waals surface area contributed by atoms with Crippen molar-refractivity contribution in [1.29, 1.82) is 0 Å². The summed E-state index contributed by atoms with van der Waals surface area (Å²) in [6.45, 7) is 2.87. The number of aliphatic carboxylic acids is 1. The molecular weight excluding hydrogens is 374 g/mol. The number of carbonyl (C=O) groups is 1.